The number of rotatable bonds is 5. The van der Waals surface area contributed by atoms with Crippen LogP contribution >= 0.6 is 0 Å². The third-order valence-corrected chi connectivity index (χ3v) is 2.72. The SMILES string of the molecule is Cc1ncc(N(CCC(=N)N)C(C)C)nc1C. The maximum absolute atomic E-state index is 7.28. The molecule has 0 aliphatic heterocycles. The van der Waals surface area contributed by atoms with E-state index in [1.807, 2.05) is 13.8 Å². The van der Waals surface area contributed by atoms with E-state index in [1.165, 1.54) is 0 Å². The molecule has 0 fully saturated rings. The fraction of sp³-hybridized carbons (Fsp3) is 0.583. The molecule has 0 aliphatic carbocycles. The van der Waals surface area contributed by atoms with Crippen LogP contribution in [0, 0.1) is 19.3 Å². The van der Waals surface area contributed by atoms with Gasteiger partial charge in [-0.3, -0.25) is 10.4 Å². The van der Waals surface area contributed by atoms with Crippen molar-refractivity contribution in [2.24, 2.45) is 5.73 Å². The third-order valence-electron chi connectivity index (χ3n) is 2.72. The number of hydrogen-bond acceptors (Lipinski definition) is 4. The quantitative estimate of drug-likeness (QED) is 0.600. The van der Waals surface area contributed by atoms with Crippen LogP contribution in [0.1, 0.15) is 31.7 Å². The molecule has 17 heavy (non-hydrogen) atoms. The third kappa shape index (κ3) is 3.69. The van der Waals surface area contributed by atoms with E-state index < -0.39 is 0 Å². The van der Waals surface area contributed by atoms with Crippen LogP contribution < -0.4 is 10.6 Å². The maximum atomic E-state index is 7.28. The van der Waals surface area contributed by atoms with Gasteiger partial charge >= 0.3 is 0 Å². The molecule has 0 aliphatic rings. The van der Waals surface area contributed by atoms with Crippen LogP contribution in [0.2, 0.25) is 0 Å². The summed E-state index contributed by atoms with van der Waals surface area (Å²) in [6.45, 7) is 8.79. The zero-order valence-electron chi connectivity index (χ0n) is 11.0. The van der Waals surface area contributed by atoms with Gasteiger partial charge in [0.1, 0.15) is 5.82 Å². The van der Waals surface area contributed by atoms with E-state index in [-0.39, 0.29) is 5.84 Å². The second-order valence-corrected chi connectivity index (χ2v) is 4.46. The van der Waals surface area contributed by atoms with E-state index in [1.54, 1.807) is 6.20 Å². The lowest BCUT2D eigenvalue weighted by Crippen LogP contribution is -2.34. The van der Waals surface area contributed by atoms with Gasteiger partial charge in [-0.15, -0.1) is 0 Å². The van der Waals surface area contributed by atoms with Gasteiger partial charge in [-0.2, -0.15) is 0 Å². The van der Waals surface area contributed by atoms with Gasteiger partial charge in [-0.1, -0.05) is 0 Å². The molecule has 0 amide bonds. The number of anilines is 1. The first-order chi connectivity index (χ1) is 7.91. The normalized spacial score (nSPS) is 10.6. The van der Waals surface area contributed by atoms with Crippen LogP contribution in [-0.2, 0) is 0 Å². The molecule has 1 aromatic rings. The van der Waals surface area contributed by atoms with Crippen molar-refractivity contribution in [1.82, 2.24) is 9.97 Å². The van der Waals surface area contributed by atoms with Gasteiger partial charge in [0.15, 0.2) is 0 Å². The first-order valence-corrected chi connectivity index (χ1v) is 5.81. The van der Waals surface area contributed by atoms with Gasteiger partial charge in [0.2, 0.25) is 0 Å². The first kappa shape index (κ1) is 13.4. The van der Waals surface area contributed by atoms with Crippen LogP contribution in [0.15, 0.2) is 6.20 Å². The lowest BCUT2D eigenvalue weighted by Gasteiger charge is -2.27. The smallest absolute Gasteiger partial charge is 0.147 e. The highest BCUT2D eigenvalue weighted by atomic mass is 15.2. The number of hydrogen-bond donors (Lipinski definition) is 2. The summed E-state index contributed by atoms with van der Waals surface area (Å²) in [5, 5.41) is 7.28. The molecule has 1 heterocycles. The first-order valence-electron chi connectivity index (χ1n) is 5.81. The van der Waals surface area contributed by atoms with Gasteiger partial charge in [0, 0.05) is 19.0 Å². The van der Waals surface area contributed by atoms with Crippen molar-refractivity contribution in [2.45, 2.75) is 40.2 Å². The summed E-state index contributed by atoms with van der Waals surface area (Å²) >= 11 is 0. The van der Waals surface area contributed by atoms with E-state index in [2.05, 4.69) is 28.7 Å². The Bertz CT molecular complexity index is 400. The molecule has 0 aromatic carbocycles. The molecule has 0 spiro atoms. The Balaban J connectivity index is 2.89. The Labute approximate surface area is 103 Å². The van der Waals surface area contributed by atoms with E-state index in [9.17, 15) is 0 Å². The fourth-order valence-corrected chi connectivity index (χ4v) is 1.55. The van der Waals surface area contributed by atoms with Crippen molar-refractivity contribution >= 4 is 11.7 Å². The molecule has 0 atom stereocenters. The zero-order chi connectivity index (χ0) is 13.0. The number of nitrogens with two attached hydrogens (primary N) is 1. The van der Waals surface area contributed by atoms with Crippen molar-refractivity contribution < 1.29 is 0 Å². The van der Waals surface area contributed by atoms with Crippen molar-refractivity contribution in [3.05, 3.63) is 17.6 Å². The second kappa shape index (κ2) is 5.61. The molecule has 0 unspecified atom stereocenters. The molecular formula is C12H21N5. The van der Waals surface area contributed by atoms with Gasteiger partial charge in [0.25, 0.3) is 0 Å². The van der Waals surface area contributed by atoms with Crippen molar-refractivity contribution in [3.63, 3.8) is 0 Å². The predicted molar refractivity (Wildman–Crippen MR) is 70.5 cm³/mol. The largest absolute Gasteiger partial charge is 0.388 e. The molecule has 5 nitrogen and oxygen atoms in total. The van der Waals surface area contributed by atoms with Gasteiger partial charge < -0.3 is 10.6 Å². The molecule has 5 heteroatoms. The summed E-state index contributed by atoms with van der Waals surface area (Å²) in [6, 6.07) is 0.311. The standard InChI is InChI=1S/C12H21N5/c1-8(2)17(6-5-11(13)14)12-7-15-9(3)10(4)16-12/h7-8H,5-6H2,1-4H3,(H3,13,14). The number of aromatic nitrogens is 2. The van der Waals surface area contributed by atoms with Gasteiger partial charge in [-0.25, -0.2) is 4.98 Å². The predicted octanol–water partition coefficient (Wildman–Crippen LogP) is 1.63. The van der Waals surface area contributed by atoms with Crippen LogP contribution in [0.4, 0.5) is 5.82 Å². The maximum Gasteiger partial charge on any atom is 0.147 e. The lowest BCUT2D eigenvalue weighted by atomic mass is 10.2. The van der Waals surface area contributed by atoms with E-state index in [0.29, 0.717) is 19.0 Å². The Hall–Kier alpha value is -1.65. The van der Waals surface area contributed by atoms with Gasteiger partial charge in [-0.05, 0) is 27.7 Å². The van der Waals surface area contributed by atoms with Crippen molar-refractivity contribution in [2.75, 3.05) is 11.4 Å². The van der Waals surface area contributed by atoms with Crippen LogP contribution in [0.3, 0.4) is 0 Å². The molecule has 3 N–H and O–H groups in total. The summed E-state index contributed by atoms with van der Waals surface area (Å²) in [5.74, 6) is 1.05. The van der Waals surface area contributed by atoms with Crippen LogP contribution in [0.25, 0.3) is 0 Å². The number of nitrogens with zero attached hydrogens (tertiary/aromatic N) is 3. The lowest BCUT2D eigenvalue weighted by molar-refractivity contribution is 0.675. The average molecular weight is 235 g/mol. The molecule has 0 radical (unpaired) electrons. The zero-order valence-corrected chi connectivity index (χ0v) is 11.0. The number of aryl methyl sites for hydroxylation is 2. The molecule has 1 rings (SSSR count). The fourth-order valence-electron chi connectivity index (χ4n) is 1.55. The number of nitrogens with one attached hydrogen (secondary N) is 1. The summed E-state index contributed by atoms with van der Waals surface area (Å²) in [5.41, 5.74) is 7.28. The summed E-state index contributed by atoms with van der Waals surface area (Å²) in [4.78, 5) is 11.0. The average Bonchev–Trinajstić information content (AvgIpc) is 2.22. The van der Waals surface area contributed by atoms with Gasteiger partial charge in [0.05, 0.1) is 23.4 Å². The summed E-state index contributed by atoms with van der Waals surface area (Å²) in [7, 11) is 0. The summed E-state index contributed by atoms with van der Waals surface area (Å²) in [6.07, 6.45) is 2.33. The van der Waals surface area contributed by atoms with Crippen molar-refractivity contribution in [3.8, 4) is 0 Å². The monoisotopic (exact) mass is 235 g/mol. The minimum atomic E-state index is 0.201. The minimum absolute atomic E-state index is 0.201. The highest BCUT2D eigenvalue weighted by Gasteiger charge is 2.13. The summed E-state index contributed by atoms with van der Waals surface area (Å²) < 4.78 is 0. The van der Waals surface area contributed by atoms with Crippen LogP contribution in [0.5, 0.6) is 0 Å². The Kier molecular flexibility index (Phi) is 4.43. The van der Waals surface area contributed by atoms with E-state index in [0.717, 1.165) is 17.2 Å². The molecular weight excluding hydrogens is 214 g/mol. The second-order valence-electron chi connectivity index (χ2n) is 4.46. The highest BCUT2D eigenvalue weighted by molar-refractivity contribution is 5.77. The molecule has 0 bridgehead atoms. The molecule has 0 saturated carbocycles. The van der Waals surface area contributed by atoms with E-state index in [4.69, 9.17) is 11.1 Å². The van der Waals surface area contributed by atoms with E-state index >= 15 is 0 Å². The highest BCUT2D eigenvalue weighted by Crippen LogP contribution is 2.15. The van der Waals surface area contributed by atoms with Crippen LogP contribution in [-0.4, -0.2) is 28.4 Å². The Morgan fingerprint density at radius 3 is 2.53 bits per heavy atom. The minimum Gasteiger partial charge on any atom is -0.388 e. The Morgan fingerprint density at radius 1 is 1.41 bits per heavy atom. The molecule has 0 saturated heterocycles. The Morgan fingerprint density at radius 2 is 2.06 bits per heavy atom. The molecule has 94 valence electrons. The molecule has 1 aromatic heterocycles. The topological polar surface area (TPSA) is 78.9 Å². The number of amidine groups is 1. The van der Waals surface area contributed by atoms with Crippen molar-refractivity contribution in [1.29, 1.82) is 5.41 Å².